The minimum atomic E-state index is -0.276. The highest BCUT2D eigenvalue weighted by atomic mass is 16.5. The van der Waals surface area contributed by atoms with Gasteiger partial charge in [-0.15, -0.1) is 0 Å². The van der Waals surface area contributed by atoms with Gasteiger partial charge in [0.1, 0.15) is 23.1 Å². The Labute approximate surface area is 198 Å². The van der Waals surface area contributed by atoms with Crippen LogP contribution >= 0.6 is 0 Å². The molecule has 0 radical (unpaired) electrons. The van der Waals surface area contributed by atoms with Gasteiger partial charge >= 0.3 is 0 Å². The summed E-state index contributed by atoms with van der Waals surface area (Å²) in [5.41, 5.74) is 3.12. The van der Waals surface area contributed by atoms with Gasteiger partial charge in [0.25, 0.3) is 5.91 Å². The average molecular weight is 460 g/mol. The average Bonchev–Trinajstić information content (AvgIpc) is 3.26. The van der Waals surface area contributed by atoms with Crippen LogP contribution in [0.3, 0.4) is 0 Å². The van der Waals surface area contributed by atoms with Crippen LogP contribution in [0.25, 0.3) is 11.0 Å². The number of amides is 1. The van der Waals surface area contributed by atoms with Crippen molar-refractivity contribution < 1.29 is 14.3 Å². The molecule has 1 aliphatic carbocycles. The Morgan fingerprint density at radius 1 is 1.15 bits per heavy atom. The SMILES string of the molecule is CCn1cc(C(=O)N2C3CCCC2COC3)c(=O)c2cc(OC3Cc4ccccc4C3)cnc21. The van der Waals surface area contributed by atoms with Crippen molar-refractivity contribution in [2.24, 2.45) is 0 Å². The van der Waals surface area contributed by atoms with Crippen molar-refractivity contribution in [3.8, 4) is 5.75 Å². The van der Waals surface area contributed by atoms with Crippen molar-refractivity contribution in [3.63, 3.8) is 0 Å². The number of carbonyl (C=O) groups excluding carboxylic acids is 1. The maximum Gasteiger partial charge on any atom is 0.260 e. The first-order valence-corrected chi connectivity index (χ1v) is 12.3. The fraction of sp³-hybridized carbons (Fsp3) is 0.444. The summed E-state index contributed by atoms with van der Waals surface area (Å²) in [5, 5.41) is 0.430. The predicted molar refractivity (Wildman–Crippen MR) is 128 cm³/mol. The first-order chi connectivity index (χ1) is 16.6. The number of aromatic nitrogens is 2. The Morgan fingerprint density at radius 3 is 2.53 bits per heavy atom. The number of aryl methyl sites for hydroxylation is 1. The standard InChI is InChI=1S/C27H29N3O4/c1-2-29-14-24(27(32)30-19-8-5-9-20(30)16-33-15-19)25(31)23-12-22(13-28-26(23)29)34-21-10-17-6-3-4-7-18(17)11-21/h3-4,6-7,12-14,19-21H,2,5,8-11,15-16H2,1H3. The molecule has 2 fully saturated rings. The van der Waals surface area contributed by atoms with Crippen LogP contribution in [0.1, 0.15) is 47.7 Å². The van der Waals surface area contributed by atoms with Gasteiger partial charge < -0.3 is 18.9 Å². The normalized spacial score (nSPS) is 22.1. The van der Waals surface area contributed by atoms with Gasteiger partial charge in [0.05, 0.1) is 36.9 Å². The van der Waals surface area contributed by atoms with Gasteiger partial charge in [-0.05, 0) is 43.4 Å². The van der Waals surface area contributed by atoms with Crippen molar-refractivity contribution in [2.45, 2.75) is 63.8 Å². The van der Waals surface area contributed by atoms with Crippen molar-refractivity contribution in [1.29, 1.82) is 0 Å². The second-order valence-corrected chi connectivity index (χ2v) is 9.61. The Kier molecular flexibility index (Phi) is 5.37. The molecule has 1 amide bonds. The monoisotopic (exact) mass is 459 g/mol. The van der Waals surface area contributed by atoms with Crippen LogP contribution in [0.2, 0.25) is 0 Å². The number of nitrogens with zero attached hydrogens (tertiary/aromatic N) is 3. The summed E-state index contributed by atoms with van der Waals surface area (Å²) in [7, 11) is 0. The van der Waals surface area contributed by atoms with Crippen LogP contribution in [0, 0.1) is 0 Å². The summed E-state index contributed by atoms with van der Waals surface area (Å²) in [5.74, 6) is 0.377. The van der Waals surface area contributed by atoms with Crippen LogP contribution in [-0.2, 0) is 24.1 Å². The number of carbonyl (C=O) groups is 1. The van der Waals surface area contributed by atoms with Crippen LogP contribution in [0.4, 0.5) is 0 Å². The molecule has 0 spiro atoms. The van der Waals surface area contributed by atoms with E-state index in [0.29, 0.717) is 36.5 Å². The van der Waals surface area contributed by atoms with E-state index in [9.17, 15) is 9.59 Å². The number of hydrogen-bond donors (Lipinski definition) is 0. The highest BCUT2D eigenvalue weighted by molar-refractivity contribution is 5.97. The zero-order valence-corrected chi connectivity index (χ0v) is 19.4. The van der Waals surface area contributed by atoms with Crippen LogP contribution in [-0.4, -0.2) is 51.8 Å². The Morgan fingerprint density at radius 2 is 1.85 bits per heavy atom. The molecule has 0 saturated carbocycles. The summed E-state index contributed by atoms with van der Waals surface area (Å²) >= 11 is 0. The number of pyridine rings is 2. The van der Waals surface area contributed by atoms with E-state index < -0.39 is 0 Å². The number of piperidine rings is 1. The maximum atomic E-state index is 13.6. The van der Waals surface area contributed by atoms with E-state index in [2.05, 4.69) is 17.1 Å². The number of rotatable bonds is 4. The maximum absolute atomic E-state index is 13.6. The van der Waals surface area contributed by atoms with E-state index >= 15 is 0 Å². The quantitative estimate of drug-likeness (QED) is 0.598. The smallest absolute Gasteiger partial charge is 0.260 e. The van der Waals surface area contributed by atoms with E-state index in [4.69, 9.17) is 9.47 Å². The fourth-order valence-corrected chi connectivity index (χ4v) is 5.81. The molecule has 2 saturated heterocycles. The largest absolute Gasteiger partial charge is 0.488 e. The molecule has 4 heterocycles. The molecular formula is C27H29N3O4. The van der Waals surface area contributed by atoms with Crippen LogP contribution in [0.5, 0.6) is 5.75 Å². The first kappa shape index (κ1) is 21.4. The summed E-state index contributed by atoms with van der Waals surface area (Å²) in [4.78, 5) is 33.7. The van der Waals surface area contributed by atoms with E-state index in [1.54, 1.807) is 18.5 Å². The molecule has 2 aromatic heterocycles. The van der Waals surface area contributed by atoms with E-state index in [1.807, 2.05) is 28.5 Å². The zero-order valence-electron chi connectivity index (χ0n) is 19.4. The molecule has 2 aliphatic heterocycles. The minimum Gasteiger partial charge on any atom is -0.488 e. The number of hydrogen-bond acceptors (Lipinski definition) is 5. The molecule has 3 aromatic rings. The van der Waals surface area contributed by atoms with E-state index in [1.165, 1.54) is 11.1 Å². The lowest BCUT2D eigenvalue weighted by molar-refractivity contribution is -0.0566. The summed E-state index contributed by atoms with van der Waals surface area (Å²) in [6.07, 6.45) is 7.99. The third kappa shape index (κ3) is 3.59. The van der Waals surface area contributed by atoms with Crippen LogP contribution in [0.15, 0.2) is 47.5 Å². The summed E-state index contributed by atoms with van der Waals surface area (Å²) in [6, 6.07) is 10.2. The Hall–Kier alpha value is -3.19. The number of fused-ring (bicyclic) bond motifs is 4. The topological polar surface area (TPSA) is 73.7 Å². The lowest BCUT2D eigenvalue weighted by Crippen LogP contribution is -2.57. The third-order valence-corrected chi connectivity index (χ3v) is 7.49. The molecule has 2 unspecified atom stereocenters. The zero-order chi connectivity index (χ0) is 23.2. The predicted octanol–water partition coefficient (Wildman–Crippen LogP) is 3.36. The second kappa shape index (κ2) is 8.55. The van der Waals surface area contributed by atoms with Crippen molar-refractivity contribution >= 4 is 16.9 Å². The number of ether oxygens (including phenoxy) is 2. The third-order valence-electron chi connectivity index (χ3n) is 7.49. The molecule has 0 N–H and O–H groups in total. The van der Waals surface area contributed by atoms with Gasteiger partial charge in [0, 0.05) is 25.6 Å². The highest BCUT2D eigenvalue weighted by Gasteiger charge is 2.39. The summed E-state index contributed by atoms with van der Waals surface area (Å²) in [6.45, 7) is 3.68. The lowest BCUT2D eigenvalue weighted by atomic mass is 9.93. The molecule has 2 atom stereocenters. The van der Waals surface area contributed by atoms with Gasteiger partial charge in [0.15, 0.2) is 0 Å². The van der Waals surface area contributed by atoms with Crippen LogP contribution < -0.4 is 10.2 Å². The van der Waals surface area contributed by atoms with E-state index in [-0.39, 0.29) is 35.1 Å². The van der Waals surface area contributed by atoms with Gasteiger partial charge in [-0.1, -0.05) is 24.3 Å². The Bertz CT molecular complexity index is 1270. The Balaban J connectivity index is 1.34. The molecule has 1 aromatic carbocycles. The van der Waals surface area contributed by atoms with Gasteiger partial charge in [-0.2, -0.15) is 0 Å². The lowest BCUT2D eigenvalue weighted by Gasteiger charge is -2.45. The first-order valence-electron chi connectivity index (χ1n) is 12.3. The molecule has 3 aliphatic rings. The minimum absolute atomic E-state index is 0.0163. The second-order valence-electron chi connectivity index (χ2n) is 9.61. The summed E-state index contributed by atoms with van der Waals surface area (Å²) < 4.78 is 13.8. The molecular weight excluding hydrogens is 430 g/mol. The van der Waals surface area contributed by atoms with Gasteiger partial charge in [0.2, 0.25) is 5.43 Å². The van der Waals surface area contributed by atoms with Crippen molar-refractivity contribution in [1.82, 2.24) is 14.5 Å². The number of morpholine rings is 1. The fourth-order valence-electron chi connectivity index (χ4n) is 5.81. The van der Waals surface area contributed by atoms with Gasteiger partial charge in [-0.3, -0.25) is 9.59 Å². The van der Waals surface area contributed by atoms with Gasteiger partial charge in [-0.25, -0.2) is 4.98 Å². The molecule has 7 heteroatoms. The van der Waals surface area contributed by atoms with Crippen molar-refractivity contribution in [2.75, 3.05) is 13.2 Å². The van der Waals surface area contributed by atoms with Crippen molar-refractivity contribution in [3.05, 3.63) is 69.6 Å². The molecule has 6 rings (SSSR count). The molecule has 176 valence electrons. The molecule has 34 heavy (non-hydrogen) atoms. The van der Waals surface area contributed by atoms with E-state index in [0.717, 1.165) is 32.1 Å². The number of benzene rings is 1. The molecule has 7 nitrogen and oxygen atoms in total. The molecule has 2 bridgehead atoms. The highest BCUT2D eigenvalue weighted by Crippen LogP contribution is 2.30.